The van der Waals surface area contributed by atoms with E-state index in [9.17, 15) is 24.3 Å². The average molecular weight is 384 g/mol. The maximum absolute atomic E-state index is 12.4. The van der Waals surface area contributed by atoms with Gasteiger partial charge in [0.2, 0.25) is 11.5 Å². The molecule has 26 heavy (non-hydrogen) atoms. The standard InChI is InChI=1S/C16H20N2O7S/c1-6-25-15(23)10(17-24-4)9(19)7-8-12(20)18-11(14(21)22)16(2,3)26(5)13(8)18/h7,11,13H,5-6H2,1-4H3,(H,21,22)/b8-7?,17-10-/t11-,13+,26?/m0/s1. The Balaban J connectivity index is 2.36. The molecule has 2 aliphatic heterocycles. The van der Waals surface area contributed by atoms with Gasteiger partial charge in [-0.25, -0.2) is 9.59 Å². The van der Waals surface area contributed by atoms with Crippen LogP contribution in [0.2, 0.25) is 0 Å². The number of rotatable bonds is 6. The van der Waals surface area contributed by atoms with Gasteiger partial charge in [0, 0.05) is 4.75 Å². The predicted octanol–water partition coefficient (Wildman–Crippen LogP) is 0.162. The molecule has 0 aromatic rings. The lowest BCUT2D eigenvalue weighted by Crippen LogP contribution is -2.58. The normalized spacial score (nSPS) is 28.4. The lowest BCUT2D eigenvalue weighted by atomic mass is 9.95. The van der Waals surface area contributed by atoms with E-state index in [2.05, 4.69) is 15.9 Å². The summed E-state index contributed by atoms with van der Waals surface area (Å²) >= 11 is 0. The van der Waals surface area contributed by atoms with E-state index in [4.69, 9.17) is 4.74 Å². The van der Waals surface area contributed by atoms with Gasteiger partial charge in [0.25, 0.3) is 5.91 Å². The Bertz CT molecular complexity index is 769. The summed E-state index contributed by atoms with van der Waals surface area (Å²) in [5.74, 6) is 0.514. The third-order valence-electron chi connectivity index (χ3n) is 4.29. The number of carbonyl (C=O) groups excluding carboxylic acids is 3. The fourth-order valence-electron chi connectivity index (χ4n) is 2.99. The van der Waals surface area contributed by atoms with Gasteiger partial charge in [0.1, 0.15) is 18.5 Å². The quantitative estimate of drug-likeness (QED) is 0.132. The zero-order valence-corrected chi connectivity index (χ0v) is 15.7. The molecule has 2 saturated heterocycles. The van der Waals surface area contributed by atoms with Gasteiger partial charge < -0.3 is 19.6 Å². The molecule has 0 bridgehead atoms. The smallest absolute Gasteiger partial charge is 0.364 e. The maximum Gasteiger partial charge on any atom is 0.364 e. The van der Waals surface area contributed by atoms with Crippen LogP contribution in [0.3, 0.4) is 0 Å². The van der Waals surface area contributed by atoms with Crippen molar-refractivity contribution in [3.63, 3.8) is 0 Å². The van der Waals surface area contributed by atoms with Crippen LogP contribution < -0.4 is 0 Å². The Labute approximate surface area is 152 Å². The van der Waals surface area contributed by atoms with Crippen LogP contribution in [0.4, 0.5) is 0 Å². The number of amides is 1. The molecule has 2 aliphatic rings. The van der Waals surface area contributed by atoms with Crippen molar-refractivity contribution >= 4 is 45.7 Å². The van der Waals surface area contributed by atoms with Crippen molar-refractivity contribution in [1.29, 1.82) is 0 Å². The molecule has 0 spiro atoms. The maximum atomic E-state index is 12.4. The minimum absolute atomic E-state index is 0.0393. The number of fused-ring (bicyclic) bond motifs is 1. The average Bonchev–Trinajstić information content (AvgIpc) is 2.75. The second-order valence-corrected chi connectivity index (χ2v) is 8.50. The number of hydrogen-bond donors (Lipinski definition) is 1. The number of nitrogens with zero attached hydrogens (tertiary/aromatic N) is 2. The van der Waals surface area contributed by atoms with Crippen molar-refractivity contribution in [2.24, 2.45) is 5.16 Å². The highest BCUT2D eigenvalue weighted by Gasteiger charge is 2.62. The Morgan fingerprint density at radius 2 is 2.04 bits per heavy atom. The number of carbonyl (C=O) groups is 4. The number of ether oxygens (including phenoxy) is 1. The highest BCUT2D eigenvalue weighted by Crippen LogP contribution is 2.56. The van der Waals surface area contributed by atoms with Crippen molar-refractivity contribution in [3.8, 4) is 0 Å². The molecule has 2 fully saturated rings. The van der Waals surface area contributed by atoms with Crippen molar-refractivity contribution < 1.29 is 33.9 Å². The van der Waals surface area contributed by atoms with E-state index >= 15 is 0 Å². The number of carboxylic acid groups (broad SMARTS) is 1. The number of hydrogen-bond acceptors (Lipinski definition) is 7. The molecule has 0 aromatic carbocycles. The van der Waals surface area contributed by atoms with Gasteiger partial charge >= 0.3 is 11.9 Å². The van der Waals surface area contributed by atoms with Gasteiger partial charge in [-0.15, -0.1) is 0 Å². The zero-order valence-electron chi connectivity index (χ0n) is 14.8. The van der Waals surface area contributed by atoms with Crippen molar-refractivity contribution in [3.05, 3.63) is 11.6 Å². The molecule has 2 rings (SSSR count). The predicted molar refractivity (Wildman–Crippen MR) is 95.0 cm³/mol. The molecule has 1 N–H and O–H groups in total. The Kier molecular flexibility index (Phi) is 5.36. The zero-order chi connectivity index (χ0) is 19.8. The molecular formula is C16H20N2O7S. The van der Waals surface area contributed by atoms with Gasteiger partial charge in [-0.05, 0) is 26.8 Å². The fourth-order valence-corrected chi connectivity index (χ4v) is 5.03. The molecule has 0 saturated carbocycles. The number of ketones is 1. The van der Waals surface area contributed by atoms with Crippen LogP contribution in [-0.4, -0.2) is 75.1 Å². The van der Waals surface area contributed by atoms with E-state index in [1.807, 2.05) is 0 Å². The lowest BCUT2D eigenvalue weighted by Gasteiger charge is -2.39. The summed E-state index contributed by atoms with van der Waals surface area (Å²) in [4.78, 5) is 53.9. The van der Waals surface area contributed by atoms with Gasteiger partial charge in [-0.3, -0.25) is 9.59 Å². The number of allylic oxidation sites excluding steroid dienone is 1. The summed E-state index contributed by atoms with van der Waals surface area (Å²) in [6.07, 6.45) is 0.990. The molecule has 10 heteroatoms. The third kappa shape index (κ3) is 2.94. The van der Waals surface area contributed by atoms with E-state index in [1.54, 1.807) is 20.8 Å². The minimum Gasteiger partial charge on any atom is -0.480 e. The van der Waals surface area contributed by atoms with Gasteiger partial charge in [0.05, 0.1) is 12.2 Å². The molecule has 142 valence electrons. The molecule has 1 unspecified atom stereocenters. The molecule has 1 amide bonds. The largest absolute Gasteiger partial charge is 0.480 e. The topological polar surface area (TPSA) is 123 Å². The fraction of sp³-hybridized carbons (Fsp3) is 0.500. The summed E-state index contributed by atoms with van der Waals surface area (Å²) in [5, 5.41) is 12.2. The van der Waals surface area contributed by atoms with Gasteiger partial charge in [-0.2, -0.15) is 10.5 Å². The molecule has 2 heterocycles. The third-order valence-corrected chi connectivity index (χ3v) is 6.88. The minimum atomic E-state index is -1.12. The van der Waals surface area contributed by atoms with E-state index in [0.717, 1.165) is 6.08 Å². The van der Waals surface area contributed by atoms with Crippen molar-refractivity contribution in [2.75, 3.05) is 13.7 Å². The summed E-state index contributed by atoms with van der Waals surface area (Å²) in [7, 11) is 0.413. The van der Waals surface area contributed by atoms with Crippen LogP contribution in [0.25, 0.3) is 0 Å². The molecular weight excluding hydrogens is 364 g/mol. The van der Waals surface area contributed by atoms with E-state index < -0.39 is 56.0 Å². The number of β-lactam (4-membered cyclic amide) rings is 1. The van der Waals surface area contributed by atoms with Gasteiger partial charge in [0.15, 0.2) is 0 Å². The highest BCUT2D eigenvalue weighted by molar-refractivity contribution is 8.16. The first kappa shape index (κ1) is 19.8. The van der Waals surface area contributed by atoms with E-state index in [1.165, 1.54) is 12.0 Å². The molecule has 0 aliphatic carbocycles. The second kappa shape index (κ2) is 7.02. The van der Waals surface area contributed by atoms with Crippen LogP contribution in [0.1, 0.15) is 20.8 Å². The van der Waals surface area contributed by atoms with E-state index in [0.29, 0.717) is 0 Å². The summed E-state index contributed by atoms with van der Waals surface area (Å²) in [6.45, 7) is 5.06. The monoisotopic (exact) mass is 384 g/mol. The number of carboxylic acids is 1. The molecule has 0 aromatic heterocycles. The van der Waals surface area contributed by atoms with E-state index in [-0.39, 0.29) is 12.2 Å². The van der Waals surface area contributed by atoms with Crippen LogP contribution in [-0.2, 0) is 28.8 Å². The Hall–Kier alpha value is -2.49. The van der Waals surface area contributed by atoms with Gasteiger partial charge in [-0.1, -0.05) is 11.0 Å². The Morgan fingerprint density at radius 3 is 2.54 bits per heavy atom. The highest BCUT2D eigenvalue weighted by atomic mass is 32.2. The van der Waals surface area contributed by atoms with Crippen LogP contribution >= 0.6 is 10.5 Å². The lowest BCUT2D eigenvalue weighted by molar-refractivity contribution is -0.152. The number of oxime groups is 1. The van der Waals surface area contributed by atoms with Crippen LogP contribution in [0, 0.1) is 0 Å². The molecule has 0 radical (unpaired) electrons. The first-order valence-corrected chi connectivity index (χ1v) is 9.17. The summed E-state index contributed by atoms with van der Waals surface area (Å²) in [6, 6.07) is -1.02. The number of aliphatic carboxylic acids is 1. The van der Waals surface area contributed by atoms with Crippen molar-refractivity contribution in [2.45, 2.75) is 36.9 Å². The first-order chi connectivity index (χ1) is 12.1. The summed E-state index contributed by atoms with van der Waals surface area (Å²) in [5.41, 5.74) is -0.484. The number of esters is 1. The second-order valence-electron chi connectivity index (χ2n) is 6.14. The molecule has 9 nitrogen and oxygen atoms in total. The Morgan fingerprint density at radius 1 is 1.42 bits per heavy atom. The SMILES string of the molecule is C=S1[C@@H]2C(=CC(=O)/C(=N/OC)C(=O)OCC)C(=O)N2[C@@H](C(=O)O)C1(C)C. The van der Waals surface area contributed by atoms with Crippen molar-refractivity contribution in [1.82, 2.24) is 4.90 Å². The molecule has 3 atom stereocenters. The van der Waals surface area contributed by atoms with Crippen LogP contribution in [0.5, 0.6) is 0 Å². The first-order valence-electron chi connectivity index (χ1n) is 7.72. The van der Waals surface area contributed by atoms with Crippen LogP contribution in [0.15, 0.2) is 16.8 Å². The summed E-state index contributed by atoms with van der Waals surface area (Å²) < 4.78 is 3.99.